The smallest absolute Gasteiger partial charge is 0.231 e. The molecule has 1 fully saturated rings. The number of morpholine rings is 1. The molecule has 2 aromatic carbocycles. The van der Waals surface area contributed by atoms with Gasteiger partial charge in [-0.05, 0) is 35.6 Å². The van der Waals surface area contributed by atoms with E-state index in [0.717, 1.165) is 68.4 Å². The number of Topliss-reactive ketones (excluding diaryl/α,β-unsaturated/α-hetero) is 1. The van der Waals surface area contributed by atoms with Crippen molar-refractivity contribution in [1.82, 2.24) is 9.80 Å². The molecule has 6 nitrogen and oxygen atoms in total. The van der Waals surface area contributed by atoms with Crippen LogP contribution < -0.4 is 9.47 Å². The minimum Gasteiger partial charge on any atom is -0.477 e. The van der Waals surface area contributed by atoms with Crippen molar-refractivity contribution in [3.8, 4) is 11.5 Å². The predicted octanol–water partition coefficient (Wildman–Crippen LogP) is 4.39. The van der Waals surface area contributed by atoms with Gasteiger partial charge in [-0.25, -0.2) is 0 Å². The summed E-state index contributed by atoms with van der Waals surface area (Å²) in [6, 6.07) is 10.3. The lowest BCUT2D eigenvalue weighted by atomic mass is 9.86. The summed E-state index contributed by atoms with van der Waals surface area (Å²) >= 11 is 0. The normalized spacial score (nSPS) is 20.1. The first-order valence-electron chi connectivity index (χ1n) is 12.2. The van der Waals surface area contributed by atoms with Gasteiger partial charge in [-0.3, -0.25) is 14.6 Å². The van der Waals surface area contributed by atoms with Crippen LogP contribution in [0.2, 0.25) is 0 Å². The Kier molecular flexibility index (Phi) is 6.23. The van der Waals surface area contributed by atoms with Crippen molar-refractivity contribution in [2.75, 3.05) is 46.1 Å². The highest BCUT2D eigenvalue weighted by Gasteiger charge is 2.33. The lowest BCUT2D eigenvalue weighted by molar-refractivity contribution is 0.0239. The van der Waals surface area contributed by atoms with Gasteiger partial charge in [-0.15, -0.1) is 0 Å². The third-order valence-corrected chi connectivity index (χ3v) is 6.91. The number of hydrogen-bond donors (Lipinski definition) is 0. The van der Waals surface area contributed by atoms with Gasteiger partial charge in [0.2, 0.25) is 5.78 Å². The van der Waals surface area contributed by atoms with Crippen LogP contribution >= 0.6 is 0 Å². The summed E-state index contributed by atoms with van der Waals surface area (Å²) < 4.78 is 17.6. The molecule has 2 aromatic rings. The molecular weight excluding hydrogens is 428 g/mol. The van der Waals surface area contributed by atoms with Crippen molar-refractivity contribution < 1.29 is 19.0 Å². The lowest BCUT2D eigenvalue weighted by Gasteiger charge is -2.33. The van der Waals surface area contributed by atoms with Gasteiger partial charge in [0, 0.05) is 43.9 Å². The summed E-state index contributed by atoms with van der Waals surface area (Å²) in [6.45, 7) is 15.4. The topological polar surface area (TPSA) is 51.2 Å². The lowest BCUT2D eigenvalue weighted by Crippen LogP contribution is -2.43. The monoisotopic (exact) mass is 462 g/mol. The SMILES string of the molecule is Cc1c2c(cc3c1O/C(=C\c1ccc(C(C)(C)C)cc1)C3=O)CN(CCN1CCOCC1)CO2. The highest BCUT2D eigenvalue weighted by Crippen LogP contribution is 2.43. The molecule has 0 amide bonds. The molecule has 0 spiro atoms. The number of ketones is 1. The number of rotatable bonds is 4. The molecule has 0 unspecified atom stereocenters. The van der Waals surface area contributed by atoms with Gasteiger partial charge < -0.3 is 14.2 Å². The van der Waals surface area contributed by atoms with E-state index in [1.54, 1.807) is 0 Å². The summed E-state index contributed by atoms with van der Waals surface area (Å²) in [7, 11) is 0. The maximum Gasteiger partial charge on any atom is 0.231 e. The second kappa shape index (κ2) is 9.17. The molecule has 5 rings (SSSR count). The molecule has 0 N–H and O–H groups in total. The van der Waals surface area contributed by atoms with Crippen LogP contribution in [0.3, 0.4) is 0 Å². The zero-order chi connectivity index (χ0) is 23.9. The van der Waals surface area contributed by atoms with Gasteiger partial charge in [-0.2, -0.15) is 0 Å². The second-order valence-electron chi connectivity index (χ2n) is 10.5. The van der Waals surface area contributed by atoms with Gasteiger partial charge in [0.25, 0.3) is 0 Å². The van der Waals surface area contributed by atoms with Crippen molar-refractivity contribution in [3.05, 3.63) is 63.9 Å². The molecule has 0 aliphatic carbocycles. The second-order valence-corrected chi connectivity index (χ2v) is 10.5. The summed E-state index contributed by atoms with van der Waals surface area (Å²) in [4.78, 5) is 17.9. The van der Waals surface area contributed by atoms with E-state index >= 15 is 0 Å². The van der Waals surface area contributed by atoms with E-state index in [9.17, 15) is 4.79 Å². The van der Waals surface area contributed by atoms with Crippen molar-refractivity contribution in [2.24, 2.45) is 0 Å². The van der Waals surface area contributed by atoms with E-state index in [2.05, 4.69) is 42.7 Å². The highest BCUT2D eigenvalue weighted by atomic mass is 16.5. The number of benzene rings is 2. The van der Waals surface area contributed by atoms with E-state index in [0.29, 0.717) is 23.8 Å². The van der Waals surface area contributed by atoms with Crippen LogP contribution in [0.25, 0.3) is 6.08 Å². The van der Waals surface area contributed by atoms with Crippen LogP contribution in [0.5, 0.6) is 11.5 Å². The van der Waals surface area contributed by atoms with E-state index in [1.165, 1.54) is 5.56 Å². The Morgan fingerprint density at radius 3 is 2.41 bits per heavy atom. The summed E-state index contributed by atoms with van der Waals surface area (Å²) in [6.07, 6.45) is 1.84. The minimum atomic E-state index is -0.0637. The summed E-state index contributed by atoms with van der Waals surface area (Å²) in [5, 5.41) is 0. The molecule has 0 bridgehead atoms. The standard InChI is InChI=1S/C28H34N2O4/c1-19-26-21(17-30(18-33-26)10-9-29-11-13-32-14-12-29)16-23-25(31)24(34-27(19)23)15-20-5-7-22(8-6-20)28(2,3)4/h5-8,15-16H,9-14,17-18H2,1-4H3/b24-15-. The van der Waals surface area contributed by atoms with Crippen molar-refractivity contribution in [1.29, 1.82) is 0 Å². The zero-order valence-electron chi connectivity index (χ0n) is 20.6. The van der Waals surface area contributed by atoms with E-state index in [4.69, 9.17) is 14.2 Å². The van der Waals surface area contributed by atoms with Gasteiger partial charge in [0.05, 0.1) is 18.8 Å². The first-order valence-corrected chi connectivity index (χ1v) is 12.2. The van der Waals surface area contributed by atoms with E-state index < -0.39 is 0 Å². The van der Waals surface area contributed by atoms with Crippen molar-refractivity contribution in [2.45, 2.75) is 39.7 Å². The van der Waals surface area contributed by atoms with E-state index in [1.807, 2.05) is 31.2 Å². The van der Waals surface area contributed by atoms with Crippen LogP contribution in [-0.4, -0.2) is 61.7 Å². The number of hydrogen-bond acceptors (Lipinski definition) is 6. The van der Waals surface area contributed by atoms with Crippen LogP contribution in [0.1, 0.15) is 53.4 Å². The number of ether oxygens (including phenoxy) is 3. The summed E-state index contributed by atoms with van der Waals surface area (Å²) in [5.74, 6) is 1.78. The Morgan fingerprint density at radius 2 is 1.71 bits per heavy atom. The van der Waals surface area contributed by atoms with Crippen LogP contribution in [-0.2, 0) is 16.7 Å². The predicted molar refractivity (Wildman–Crippen MR) is 132 cm³/mol. The largest absolute Gasteiger partial charge is 0.477 e. The quantitative estimate of drug-likeness (QED) is 0.628. The van der Waals surface area contributed by atoms with Gasteiger partial charge in [-0.1, -0.05) is 45.0 Å². The molecule has 6 heteroatoms. The number of allylic oxidation sites excluding steroid dienone is 1. The fourth-order valence-corrected chi connectivity index (χ4v) is 4.78. The minimum absolute atomic E-state index is 0.0637. The molecule has 0 atom stereocenters. The molecule has 1 saturated heterocycles. The zero-order valence-corrected chi connectivity index (χ0v) is 20.6. The van der Waals surface area contributed by atoms with Crippen LogP contribution in [0.15, 0.2) is 36.1 Å². The van der Waals surface area contributed by atoms with Crippen LogP contribution in [0.4, 0.5) is 0 Å². The maximum absolute atomic E-state index is 13.2. The average molecular weight is 463 g/mol. The molecule has 0 aromatic heterocycles. The molecule has 0 saturated carbocycles. The Bertz CT molecular complexity index is 1110. The molecule has 3 heterocycles. The number of fused-ring (bicyclic) bond motifs is 2. The van der Waals surface area contributed by atoms with Crippen molar-refractivity contribution in [3.63, 3.8) is 0 Å². The Hall–Kier alpha value is -2.67. The molecule has 3 aliphatic rings. The Balaban J connectivity index is 1.32. The van der Waals surface area contributed by atoms with Gasteiger partial charge in [0.1, 0.15) is 18.2 Å². The molecular formula is C28H34N2O4. The summed E-state index contributed by atoms with van der Waals surface area (Å²) in [5.41, 5.74) is 4.89. The van der Waals surface area contributed by atoms with Gasteiger partial charge >= 0.3 is 0 Å². The third kappa shape index (κ3) is 4.63. The fraction of sp³-hybridized carbons (Fsp3) is 0.464. The number of nitrogens with zero attached hydrogens (tertiary/aromatic N) is 2. The molecule has 180 valence electrons. The van der Waals surface area contributed by atoms with Crippen molar-refractivity contribution >= 4 is 11.9 Å². The first kappa shape index (κ1) is 23.1. The maximum atomic E-state index is 13.2. The van der Waals surface area contributed by atoms with Crippen LogP contribution in [0, 0.1) is 6.92 Å². The third-order valence-electron chi connectivity index (χ3n) is 6.91. The Morgan fingerprint density at radius 1 is 1.00 bits per heavy atom. The molecule has 3 aliphatic heterocycles. The molecule has 0 radical (unpaired) electrons. The number of carbonyl (C=O) groups is 1. The van der Waals surface area contributed by atoms with E-state index in [-0.39, 0.29) is 11.2 Å². The Labute approximate surface area is 202 Å². The molecule has 34 heavy (non-hydrogen) atoms. The first-order chi connectivity index (χ1) is 16.3. The van der Waals surface area contributed by atoms with Gasteiger partial charge in [0.15, 0.2) is 5.76 Å². The number of carbonyl (C=O) groups excluding carboxylic acids is 1. The highest BCUT2D eigenvalue weighted by molar-refractivity contribution is 6.15. The fourth-order valence-electron chi connectivity index (χ4n) is 4.78. The average Bonchev–Trinajstić information content (AvgIpc) is 3.13.